The highest BCUT2D eigenvalue weighted by Gasteiger charge is 1.88. The van der Waals surface area contributed by atoms with Gasteiger partial charge >= 0.3 is 0 Å². The van der Waals surface area contributed by atoms with Crippen molar-refractivity contribution in [3.8, 4) is 12.5 Å². The van der Waals surface area contributed by atoms with Gasteiger partial charge in [0, 0.05) is 0 Å². The molecule has 1 nitrogen and oxygen atoms in total. The first-order valence-corrected chi connectivity index (χ1v) is 4.49. The highest BCUT2D eigenvalue weighted by molar-refractivity contribution is 4.67. The van der Waals surface area contributed by atoms with E-state index in [1.807, 2.05) is 0 Å². The molecule has 0 N–H and O–H groups in total. The summed E-state index contributed by atoms with van der Waals surface area (Å²) in [5.74, 6) is 0. The molecule has 0 saturated carbocycles. The number of terminal acetylenes is 1. The van der Waals surface area contributed by atoms with Crippen LogP contribution in [0.25, 0.3) is 0 Å². The van der Waals surface area contributed by atoms with Crippen LogP contribution >= 0.6 is 0 Å². The molecule has 0 radical (unpaired) electrons. The molecule has 1 heteroatoms. The maximum atomic E-state index is 4.92. The molecule has 11 heavy (non-hydrogen) atoms. The second kappa shape index (κ2) is 9.36. The summed E-state index contributed by atoms with van der Waals surface area (Å²) >= 11 is 0. The fraction of sp³-hybridized carbons (Fsp3) is 0.800. The third kappa shape index (κ3) is 9.36. The molecule has 64 valence electrons. The lowest BCUT2D eigenvalue weighted by Gasteiger charge is -1.98. The van der Waals surface area contributed by atoms with Gasteiger partial charge in [0.2, 0.25) is 0 Å². The molecule has 0 unspecified atom stereocenters. The van der Waals surface area contributed by atoms with Crippen LogP contribution in [-0.2, 0) is 4.74 Å². The SMILES string of the molecule is C#[13C]OCCCCCCCC. The third-order valence-electron chi connectivity index (χ3n) is 1.68. The van der Waals surface area contributed by atoms with Crippen LogP contribution in [0.3, 0.4) is 0 Å². The third-order valence-corrected chi connectivity index (χ3v) is 1.68. The van der Waals surface area contributed by atoms with E-state index < -0.39 is 0 Å². The summed E-state index contributed by atoms with van der Waals surface area (Å²) in [7, 11) is 0. The van der Waals surface area contributed by atoms with Gasteiger partial charge in [-0.3, -0.25) is 0 Å². The molecule has 0 aliphatic rings. The Labute approximate surface area is 70.1 Å². The molecule has 0 bridgehead atoms. The van der Waals surface area contributed by atoms with Gasteiger partial charge in [0.25, 0.3) is 0 Å². The maximum Gasteiger partial charge on any atom is 0.106 e. The van der Waals surface area contributed by atoms with Crippen molar-refractivity contribution < 1.29 is 4.74 Å². The van der Waals surface area contributed by atoms with Gasteiger partial charge in [0.05, 0.1) is 0 Å². The summed E-state index contributed by atoms with van der Waals surface area (Å²) in [4.78, 5) is 0. The Morgan fingerprint density at radius 1 is 1.09 bits per heavy atom. The lowest BCUT2D eigenvalue weighted by atomic mass is 10.1. The molecular weight excluding hydrogens is 137 g/mol. The fourth-order valence-corrected chi connectivity index (χ4v) is 1.01. The molecule has 0 aromatic carbocycles. The van der Waals surface area contributed by atoms with Gasteiger partial charge in [0.1, 0.15) is 12.7 Å². The summed E-state index contributed by atoms with van der Waals surface area (Å²) in [6, 6.07) is 0. The van der Waals surface area contributed by atoms with Crippen LogP contribution in [0.15, 0.2) is 0 Å². The smallest absolute Gasteiger partial charge is 0.106 e. The zero-order chi connectivity index (χ0) is 8.36. The predicted molar refractivity (Wildman–Crippen MR) is 48.2 cm³/mol. The van der Waals surface area contributed by atoms with E-state index in [0.29, 0.717) is 0 Å². The quantitative estimate of drug-likeness (QED) is 0.312. The van der Waals surface area contributed by atoms with Gasteiger partial charge in [-0.1, -0.05) is 45.5 Å². The molecule has 0 heterocycles. The summed E-state index contributed by atoms with van der Waals surface area (Å²) < 4.78 is 4.77. The van der Waals surface area contributed by atoms with Crippen molar-refractivity contribution in [1.82, 2.24) is 0 Å². The fourth-order valence-electron chi connectivity index (χ4n) is 1.01. The predicted octanol–water partition coefficient (Wildman–Crippen LogP) is 2.95. The Balaban J connectivity index is 2.75. The van der Waals surface area contributed by atoms with Gasteiger partial charge < -0.3 is 4.74 Å². The lowest BCUT2D eigenvalue weighted by Crippen LogP contribution is -1.87. The standard InChI is InChI=1S/C10H18O/c1-3-5-6-7-8-9-10-11-4-2/h2H,3,5-10H2,1H3/i4+1. The average Bonchev–Trinajstić information content (AvgIpc) is 2.03. The van der Waals surface area contributed by atoms with E-state index in [0.717, 1.165) is 13.0 Å². The van der Waals surface area contributed by atoms with Crippen LogP contribution < -0.4 is 0 Å². The van der Waals surface area contributed by atoms with Crippen LogP contribution in [-0.4, -0.2) is 6.61 Å². The van der Waals surface area contributed by atoms with Gasteiger partial charge in [-0.15, -0.1) is 0 Å². The molecular formula is C10H18O. The Hall–Kier alpha value is -0.640. The number of hydrogen-bond donors (Lipinski definition) is 0. The van der Waals surface area contributed by atoms with E-state index in [2.05, 4.69) is 13.0 Å². The van der Waals surface area contributed by atoms with Crippen LogP contribution in [0, 0.1) is 12.5 Å². The first-order chi connectivity index (χ1) is 5.41. The Kier molecular flexibility index (Phi) is 8.82. The van der Waals surface area contributed by atoms with Crippen molar-refractivity contribution >= 4 is 0 Å². The molecule has 0 aliphatic carbocycles. The van der Waals surface area contributed by atoms with E-state index in [-0.39, 0.29) is 0 Å². The number of hydrogen-bond acceptors (Lipinski definition) is 1. The van der Waals surface area contributed by atoms with Gasteiger partial charge in [-0.2, -0.15) is 0 Å². The van der Waals surface area contributed by atoms with Crippen LogP contribution in [0.4, 0.5) is 0 Å². The summed E-state index contributed by atoms with van der Waals surface area (Å²) in [5, 5.41) is 0. The Morgan fingerprint density at radius 2 is 1.73 bits per heavy atom. The van der Waals surface area contributed by atoms with E-state index in [4.69, 9.17) is 11.2 Å². The zero-order valence-electron chi connectivity index (χ0n) is 7.44. The molecule has 0 rings (SSSR count). The number of ether oxygens (including phenoxy) is 1. The lowest BCUT2D eigenvalue weighted by molar-refractivity contribution is 0.267. The molecule has 0 aromatic heterocycles. The normalized spacial score (nSPS) is 9.09. The molecule has 0 aromatic rings. The van der Waals surface area contributed by atoms with Crippen molar-refractivity contribution in [2.75, 3.05) is 6.61 Å². The average molecular weight is 155 g/mol. The van der Waals surface area contributed by atoms with E-state index >= 15 is 0 Å². The van der Waals surface area contributed by atoms with Crippen molar-refractivity contribution in [1.29, 1.82) is 0 Å². The van der Waals surface area contributed by atoms with E-state index in [1.54, 1.807) is 0 Å². The first-order valence-electron chi connectivity index (χ1n) is 4.49. The van der Waals surface area contributed by atoms with Crippen molar-refractivity contribution in [3.63, 3.8) is 0 Å². The summed E-state index contributed by atoms with van der Waals surface area (Å²) in [6.45, 7) is 2.95. The zero-order valence-corrected chi connectivity index (χ0v) is 7.44. The second-order valence-corrected chi connectivity index (χ2v) is 2.73. The summed E-state index contributed by atoms with van der Waals surface area (Å²) in [6.07, 6.45) is 14.8. The van der Waals surface area contributed by atoms with E-state index in [1.165, 1.54) is 32.1 Å². The highest BCUT2D eigenvalue weighted by Crippen LogP contribution is 2.04. The van der Waals surface area contributed by atoms with Gasteiger partial charge in [0.15, 0.2) is 0 Å². The first kappa shape index (κ1) is 10.4. The largest absolute Gasteiger partial charge is 0.447 e. The number of unbranched alkanes of at least 4 members (excludes halogenated alkanes) is 5. The second-order valence-electron chi connectivity index (χ2n) is 2.73. The van der Waals surface area contributed by atoms with Crippen LogP contribution in [0.2, 0.25) is 0 Å². The minimum Gasteiger partial charge on any atom is -0.447 e. The van der Waals surface area contributed by atoms with Crippen LogP contribution in [0.5, 0.6) is 0 Å². The highest BCUT2D eigenvalue weighted by atomic mass is 16.5. The molecule has 0 atom stereocenters. The monoisotopic (exact) mass is 155 g/mol. The molecule has 0 spiro atoms. The Bertz CT molecular complexity index is 102. The van der Waals surface area contributed by atoms with E-state index in [9.17, 15) is 0 Å². The van der Waals surface area contributed by atoms with Crippen molar-refractivity contribution in [3.05, 3.63) is 0 Å². The Morgan fingerprint density at radius 3 is 2.36 bits per heavy atom. The topological polar surface area (TPSA) is 9.23 Å². The minimum atomic E-state index is 0.725. The molecule has 0 saturated heterocycles. The van der Waals surface area contributed by atoms with Crippen molar-refractivity contribution in [2.24, 2.45) is 0 Å². The minimum absolute atomic E-state index is 0.725. The van der Waals surface area contributed by atoms with Gasteiger partial charge in [-0.25, -0.2) is 0 Å². The molecule has 0 aliphatic heterocycles. The van der Waals surface area contributed by atoms with Crippen molar-refractivity contribution in [2.45, 2.75) is 45.4 Å². The number of rotatable bonds is 7. The maximum absolute atomic E-state index is 4.92. The van der Waals surface area contributed by atoms with Gasteiger partial charge in [-0.05, 0) is 6.42 Å². The van der Waals surface area contributed by atoms with Crippen LogP contribution in [0.1, 0.15) is 45.4 Å². The molecule has 0 fully saturated rings. The summed E-state index contributed by atoms with van der Waals surface area (Å²) in [5.41, 5.74) is 0. The molecule has 0 amide bonds.